The fourth-order valence-electron chi connectivity index (χ4n) is 5.13. The van der Waals surface area contributed by atoms with Gasteiger partial charge in [0.1, 0.15) is 16.9 Å². The monoisotopic (exact) mass is 605 g/mol. The molecule has 0 atom stereocenters. The average Bonchev–Trinajstić information content (AvgIpc) is 3.73. The summed E-state index contributed by atoms with van der Waals surface area (Å²) >= 11 is 3.80. The fourth-order valence-corrected chi connectivity index (χ4v) is 5.73. The predicted molar refractivity (Wildman–Crippen MR) is 160 cm³/mol. The van der Waals surface area contributed by atoms with Crippen LogP contribution in [0.25, 0.3) is 56.0 Å². The van der Waals surface area contributed by atoms with Crippen LogP contribution in [0.4, 0.5) is 0 Å². The highest BCUT2D eigenvalue weighted by Crippen LogP contribution is 2.41. The maximum absolute atomic E-state index is 6.33. The summed E-state index contributed by atoms with van der Waals surface area (Å²) in [4.78, 5) is 9.80. The third kappa shape index (κ3) is 4.46. The van der Waals surface area contributed by atoms with Gasteiger partial charge in [-0.1, -0.05) is 60.7 Å². The number of pyridine rings is 1. The van der Waals surface area contributed by atoms with Gasteiger partial charge in [0.15, 0.2) is 5.65 Å². The SMILES string of the molecule is CCOc1nc2cc(-c3ccccc3)c(C)nc2n1Cc1ccc2oc(-c3ccccc3-c3nn[nH]n3)c(Br)c2c1. The van der Waals surface area contributed by atoms with E-state index in [0.717, 1.165) is 60.1 Å². The Morgan fingerprint density at radius 1 is 0.927 bits per heavy atom. The van der Waals surface area contributed by atoms with E-state index in [4.69, 9.17) is 19.1 Å². The predicted octanol–water partition coefficient (Wildman–Crippen LogP) is 7.21. The molecule has 4 heterocycles. The van der Waals surface area contributed by atoms with Crippen molar-refractivity contribution in [3.8, 4) is 39.8 Å². The summed E-state index contributed by atoms with van der Waals surface area (Å²) in [6, 6.07) is 26.9. The lowest BCUT2D eigenvalue weighted by atomic mass is 10.0. The molecule has 10 heteroatoms. The molecule has 0 amide bonds. The number of ether oxygens (including phenoxy) is 1. The van der Waals surface area contributed by atoms with Crippen LogP contribution in [0.3, 0.4) is 0 Å². The van der Waals surface area contributed by atoms with Gasteiger partial charge in [0.25, 0.3) is 6.01 Å². The van der Waals surface area contributed by atoms with Crippen LogP contribution in [-0.2, 0) is 6.54 Å². The summed E-state index contributed by atoms with van der Waals surface area (Å²) in [6.07, 6.45) is 0. The van der Waals surface area contributed by atoms with Crippen LogP contribution >= 0.6 is 15.9 Å². The molecular formula is C31H24BrN7O2. The number of furan rings is 1. The molecule has 0 aliphatic carbocycles. The minimum absolute atomic E-state index is 0.502. The van der Waals surface area contributed by atoms with Crippen molar-refractivity contribution in [1.82, 2.24) is 35.2 Å². The van der Waals surface area contributed by atoms with E-state index in [0.29, 0.717) is 30.7 Å². The van der Waals surface area contributed by atoms with Crippen molar-refractivity contribution in [1.29, 1.82) is 0 Å². The first-order valence-electron chi connectivity index (χ1n) is 13.2. The summed E-state index contributed by atoms with van der Waals surface area (Å²) in [6.45, 7) is 5.02. The lowest BCUT2D eigenvalue weighted by Gasteiger charge is -2.10. The number of hydrogen-bond acceptors (Lipinski definition) is 7. The topological polar surface area (TPSA) is 108 Å². The second-order valence-corrected chi connectivity index (χ2v) is 10.4. The number of hydrogen-bond donors (Lipinski definition) is 1. The standard InChI is InChI=1S/C31H24BrN7O2/c1-3-40-31-34-25-16-23(20-9-5-4-6-10-20)18(2)33-30(25)39(31)17-19-13-14-26-24(15-19)27(32)28(41-26)21-11-7-8-12-22(21)29-35-37-38-36-29/h4-16H,3,17H2,1-2H3,(H,35,36,37,38). The first-order valence-corrected chi connectivity index (χ1v) is 14.0. The van der Waals surface area contributed by atoms with Gasteiger partial charge in [-0.25, -0.2) is 4.98 Å². The van der Waals surface area contributed by atoms with Gasteiger partial charge in [-0.15, -0.1) is 10.2 Å². The number of rotatable bonds is 7. The zero-order chi connectivity index (χ0) is 27.9. The Balaban J connectivity index is 1.30. The van der Waals surface area contributed by atoms with E-state index < -0.39 is 0 Å². The Bertz CT molecular complexity index is 2010. The zero-order valence-electron chi connectivity index (χ0n) is 22.3. The van der Waals surface area contributed by atoms with Crippen molar-refractivity contribution in [2.45, 2.75) is 20.4 Å². The first-order chi connectivity index (χ1) is 20.1. The molecule has 7 aromatic rings. The van der Waals surface area contributed by atoms with Crippen LogP contribution < -0.4 is 4.74 Å². The van der Waals surface area contributed by atoms with Gasteiger partial charge in [0.2, 0.25) is 5.82 Å². The van der Waals surface area contributed by atoms with E-state index in [1.165, 1.54) is 0 Å². The molecule has 0 bridgehead atoms. The molecule has 0 fully saturated rings. The maximum Gasteiger partial charge on any atom is 0.298 e. The van der Waals surface area contributed by atoms with E-state index in [9.17, 15) is 0 Å². The van der Waals surface area contributed by atoms with E-state index >= 15 is 0 Å². The highest BCUT2D eigenvalue weighted by Gasteiger charge is 2.21. The Hall–Kier alpha value is -4.83. The molecule has 4 aromatic heterocycles. The quantitative estimate of drug-likeness (QED) is 0.204. The first kappa shape index (κ1) is 25.2. The lowest BCUT2D eigenvalue weighted by Crippen LogP contribution is -2.06. The lowest BCUT2D eigenvalue weighted by molar-refractivity contribution is 0.301. The number of aromatic nitrogens is 7. The van der Waals surface area contributed by atoms with E-state index in [-0.39, 0.29) is 0 Å². The van der Waals surface area contributed by atoms with Crippen molar-refractivity contribution < 1.29 is 9.15 Å². The van der Waals surface area contributed by atoms with Gasteiger partial charge < -0.3 is 9.15 Å². The normalized spacial score (nSPS) is 11.5. The van der Waals surface area contributed by atoms with Gasteiger partial charge in [0.05, 0.1) is 17.6 Å². The molecule has 0 unspecified atom stereocenters. The highest BCUT2D eigenvalue weighted by atomic mass is 79.9. The second-order valence-electron chi connectivity index (χ2n) is 9.60. The Morgan fingerprint density at radius 2 is 1.73 bits per heavy atom. The molecule has 0 aliphatic heterocycles. The van der Waals surface area contributed by atoms with Crippen molar-refractivity contribution >= 4 is 38.1 Å². The number of H-pyrrole nitrogens is 1. The number of tetrazole rings is 1. The van der Waals surface area contributed by atoms with Crippen LogP contribution in [-0.4, -0.2) is 41.8 Å². The van der Waals surface area contributed by atoms with Gasteiger partial charge >= 0.3 is 0 Å². The van der Waals surface area contributed by atoms with Crippen LogP contribution in [0.2, 0.25) is 0 Å². The molecule has 7 rings (SSSR count). The maximum atomic E-state index is 6.33. The second kappa shape index (κ2) is 10.3. The van der Waals surface area contributed by atoms with Crippen LogP contribution in [0.5, 0.6) is 6.01 Å². The number of fused-ring (bicyclic) bond motifs is 2. The summed E-state index contributed by atoms with van der Waals surface area (Å²) in [7, 11) is 0. The molecule has 41 heavy (non-hydrogen) atoms. The number of benzene rings is 3. The molecule has 3 aromatic carbocycles. The molecular weight excluding hydrogens is 582 g/mol. The number of aryl methyl sites for hydroxylation is 1. The number of halogens is 1. The van der Waals surface area contributed by atoms with Gasteiger partial charge in [0, 0.05) is 27.8 Å². The van der Waals surface area contributed by atoms with E-state index in [2.05, 4.69) is 66.9 Å². The smallest absolute Gasteiger partial charge is 0.298 e. The summed E-state index contributed by atoms with van der Waals surface area (Å²) in [5, 5.41) is 15.5. The fraction of sp³-hybridized carbons (Fsp3) is 0.129. The van der Waals surface area contributed by atoms with Crippen molar-refractivity contribution in [2.75, 3.05) is 6.61 Å². The van der Waals surface area contributed by atoms with Gasteiger partial charge in [-0.05, 0) is 64.3 Å². The van der Waals surface area contributed by atoms with Crippen LogP contribution in [0.15, 0.2) is 87.8 Å². The third-order valence-electron chi connectivity index (χ3n) is 7.02. The van der Waals surface area contributed by atoms with Crippen LogP contribution in [0, 0.1) is 6.92 Å². The summed E-state index contributed by atoms with van der Waals surface area (Å²) in [5.41, 5.74) is 8.20. The Labute approximate surface area is 243 Å². The highest BCUT2D eigenvalue weighted by molar-refractivity contribution is 9.10. The molecule has 1 N–H and O–H groups in total. The van der Waals surface area contributed by atoms with Crippen molar-refractivity contribution in [2.24, 2.45) is 0 Å². The minimum atomic E-state index is 0.502. The molecule has 0 aliphatic rings. The molecule has 0 spiro atoms. The van der Waals surface area contributed by atoms with Gasteiger partial charge in [-0.2, -0.15) is 10.2 Å². The molecule has 202 valence electrons. The van der Waals surface area contributed by atoms with Crippen molar-refractivity contribution in [3.05, 3.63) is 94.6 Å². The molecule has 0 radical (unpaired) electrons. The Morgan fingerprint density at radius 3 is 2.51 bits per heavy atom. The minimum Gasteiger partial charge on any atom is -0.465 e. The Kier molecular flexibility index (Phi) is 6.31. The molecule has 0 saturated heterocycles. The van der Waals surface area contributed by atoms with E-state index in [1.807, 2.05) is 66.9 Å². The third-order valence-corrected chi connectivity index (χ3v) is 7.81. The average molecular weight is 606 g/mol. The van der Waals surface area contributed by atoms with Crippen LogP contribution in [0.1, 0.15) is 18.2 Å². The largest absolute Gasteiger partial charge is 0.465 e. The van der Waals surface area contributed by atoms with Crippen molar-refractivity contribution in [3.63, 3.8) is 0 Å². The summed E-state index contributed by atoms with van der Waals surface area (Å²) < 4.78 is 15.2. The number of nitrogens with one attached hydrogen (secondary N) is 1. The van der Waals surface area contributed by atoms with Gasteiger partial charge in [-0.3, -0.25) is 4.57 Å². The number of aromatic amines is 1. The summed E-state index contributed by atoms with van der Waals surface area (Å²) in [5.74, 6) is 1.20. The zero-order valence-corrected chi connectivity index (χ0v) is 23.9. The molecule has 0 saturated carbocycles. The van der Waals surface area contributed by atoms with E-state index in [1.54, 1.807) is 0 Å². The molecule has 9 nitrogen and oxygen atoms in total. The number of imidazole rings is 1. The number of nitrogens with zero attached hydrogens (tertiary/aromatic N) is 6.